The van der Waals surface area contributed by atoms with Crippen molar-refractivity contribution in [2.24, 2.45) is 0 Å². The number of hydrogen-bond donors (Lipinski definition) is 1. The van der Waals surface area contributed by atoms with Crippen LogP contribution in [0.1, 0.15) is 19.5 Å². The molecular weight excluding hydrogens is 436 g/mol. The first-order valence-electron chi connectivity index (χ1n) is 7.92. The van der Waals surface area contributed by atoms with E-state index in [-0.39, 0.29) is 17.6 Å². The first kappa shape index (κ1) is 19.5. The van der Waals surface area contributed by atoms with Crippen molar-refractivity contribution < 1.29 is 9.18 Å². The van der Waals surface area contributed by atoms with Gasteiger partial charge in [0, 0.05) is 21.4 Å². The summed E-state index contributed by atoms with van der Waals surface area (Å²) in [5.74, 6) is -0.199. The quantitative estimate of drug-likeness (QED) is 0.614. The fraction of sp³-hybridized carbons (Fsp3) is 0.235. The lowest BCUT2D eigenvalue weighted by Crippen LogP contribution is -2.33. The van der Waals surface area contributed by atoms with Gasteiger partial charge in [-0.25, -0.2) is 19.0 Å². The number of amides is 1. The molecule has 0 saturated heterocycles. The van der Waals surface area contributed by atoms with Gasteiger partial charge in [-0.15, -0.1) is 0 Å². The third kappa shape index (κ3) is 4.20. The minimum atomic E-state index is -1.80. The van der Waals surface area contributed by atoms with Crippen LogP contribution in [0.15, 0.2) is 40.0 Å². The van der Waals surface area contributed by atoms with Gasteiger partial charge < -0.3 is 5.32 Å². The van der Waals surface area contributed by atoms with Crippen molar-refractivity contribution in [3.05, 3.63) is 51.2 Å². The van der Waals surface area contributed by atoms with Gasteiger partial charge in [-0.1, -0.05) is 25.2 Å². The van der Waals surface area contributed by atoms with E-state index in [9.17, 15) is 14.0 Å². The topological polar surface area (TPSA) is 89.8 Å². The van der Waals surface area contributed by atoms with E-state index < -0.39 is 17.1 Å². The van der Waals surface area contributed by atoms with Crippen LogP contribution in [0.3, 0.4) is 0 Å². The molecule has 1 aromatic carbocycles. The Morgan fingerprint density at radius 3 is 2.78 bits per heavy atom. The van der Waals surface area contributed by atoms with E-state index in [1.54, 1.807) is 18.2 Å². The molecule has 2 aromatic heterocycles. The zero-order chi connectivity index (χ0) is 19.8. The number of benzene rings is 1. The van der Waals surface area contributed by atoms with E-state index in [1.165, 1.54) is 26.4 Å². The lowest BCUT2D eigenvalue weighted by atomic mass is 10.0. The van der Waals surface area contributed by atoms with E-state index in [4.69, 9.17) is 0 Å². The summed E-state index contributed by atoms with van der Waals surface area (Å²) in [4.78, 5) is 32.9. The Balaban J connectivity index is 2.03. The highest BCUT2D eigenvalue weighted by atomic mass is 79.9. The van der Waals surface area contributed by atoms with Crippen LogP contribution in [0.4, 0.5) is 10.2 Å². The van der Waals surface area contributed by atoms with Gasteiger partial charge in [-0.2, -0.15) is 5.10 Å². The van der Waals surface area contributed by atoms with Crippen molar-refractivity contribution >= 4 is 53.0 Å². The summed E-state index contributed by atoms with van der Waals surface area (Å²) in [7, 11) is 2.40. The fourth-order valence-corrected chi connectivity index (χ4v) is 3.15. The molecule has 27 heavy (non-hydrogen) atoms. The van der Waals surface area contributed by atoms with Crippen LogP contribution in [0.2, 0.25) is 0 Å². The van der Waals surface area contributed by atoms with Crippen LogP contribution in [0.5, 0.6) is 0 Å². The number of rotatable bonds is 4. The Labute approximate surface area is 164 Å². The van der Waals surface area contributed by atoms with Crippen molar-refractivity contribution in [2.45, 2.75) is 26.1 Å². The molecule has 0 aliphatic heterocycles. The highest BCUT2D eigenvalue weighted by Gasteiger charge is 2.26. The van der Waals surface area contributed by atoms with Gasteiger partial charge >= 0.3 is 0 Å². The van der Waals surface area contributed by atoms with Crippen LogP contribution in [0.25, 0.3) is 10.8 Å². The summed E-state index contributed by atoms with van der Waals surface area (Å²) >= 11 is 3.32. The van der Waals surface area contributed by atoms with E-state index >= 15 is 0 Å². The van der Waals surface area contributed by atoms with Crippen molar-refractivity contribution in [3.63, 3.8) is 0 Å². The summed E-state index contributed by atoms with van der Waals surface area (Å²) in [5, 5.41) is 8.00. The molecule has 0 fully saturated rings. The second-order valence-corrected chi connectivity index (χ2v) is 7.89. The van der Waals surface area contributed by atoms with E-state index in [1.807, 2.05) is 0 Å². The average Bonchev–Trinajstić information content (AvgIpc) is 2.58. The van der Waals surface area contributed by atoms with Gasteiger partial charge in [0.15, 0.2) is 0 Å². The Bertz CT molecular complexity index is 1100. The van der Waals surface area contributed by atoms with Gasteiger partial charge in [0.2, 0.25) is 5.91 Å². The molecule has 1 N–H and O–H groups in total. The smallest absolute Gasteiger partial charge is 0.275 e. The Morgan fingerprint density at radius 2 is 2.11 bits per heavy atom. The predicted octanol–water partition coefficient (Wildman–Crippen LogP) is 2.29. The number of anilines is 1. The monoisotopic (exact) mass is 451 g/mol. The number of fused-ring (bicyclic) bond motifs is 1. The number of hydrogen-bond acceptors (Lipinski definition) is 5. The standard InChI is InChI=1S/C17H16BrFN5O2P/c1-17(2,19)14-11-5-9(18)3-4-10(11)16(26)24(23-14)7-13(25)22-15-12(27)6-20-8-21-15/h3-6,8H,7,27H2,1-2H3,(H,20,21,22,25). The summed E-state index contributed by atoms with van der Waals surface area (Å²) in [6.07, 6.45) is 2.82. The molecule has 10 heteroatoms. The second kappa shape index (κ2) is 7.40. The van der Waals surface area contributed by atoms with E-state index in [0.29, 0.717) is 21.0 Å². The number of alkyl halides is 1. The summed E-state index contributed by atoms with van der Waals surface area (Å²) in [6, 6.07) is 4.91. The Hall–Kier alpha value is -2.25. The zero-order valence-corrected chi connectivity index (χ0v) is 17.3. The van der Waals surface area contributed by atoms with Gasteiger partial charge in [-0.05, 0) is 32.0 Å². The molecule has 0 bridgehead atoms. The Morgan fingerprint density at radius 1 is 1.37 bits per heavy atom. The van der Waals surface area contributed by atoms with Crippen molar-refractivity contribution in [1.82, 2.24) is 19.7 Å². The average molecular weight is 452 g/mol. The predicted molar refractivity (Wildman–Crippen MR) is 108 cm³/mol. The van der Waals surface area contributed by atoms with Crippen molar-refractivity contribution in [2.75, 3.05) is 5.32 Å². The highest BCUT2D eigenvalue weighted by Crippen LogP contribution is 2.29. The number of nitrogens with zero attached hydrogens (tertiary/aromatic N) is 4. The van der Waals surface area contributed by atoms with Gasteiger partial charge in [-0.3, -0.25) is 9.59 Å². The molecule has 1 amide bonds. The Kier molecular flexibility index (Phi) is 5.35. The largest absolute Gasteiger partial charge is 0.308 e. The normalized spacial score (nSPS) is 11.6. The lowest BCUT2D eigenvalue weighted by Gasteiger charge is -2.18. The number of halogens is 2. The van der Waals surface area contributed by atoms with Crippen molar-refractivity contribution in [3.8, 4) is 0 Å². The molecule has 0 spiro atoms. The lowest BCUT2D eigenvalue weighted by molar-refractivity contribution is -0.117. The SMILES string of the molecule is CC(C)(F)c1nn(CC(=O)Nc2ncncc2P)c(=O)c2ccc(Br)cc12. The van der Waals surface area contributed by atoms with E-state index in [0.717, 1.165) is 4.68 Å². The van der Waals surface area contributed by atoms with Gasteiger partial charge in [0.1, 0.15) is 30.1 Å². The number of aromatic nitrogens is 4. The molecule has 3 rings (SSSR count). The molecule has 1 unspecified atom stereocenters. The third-order valence-electron chi connectivity index (χ3n) is 3.78. The first-order chi connectivity index (χ1) is 12.7. The molecule has 0 aliphatic rings. The van der Waals surface area contributed by atoms with Crippen LogP contribution >= 0.6 is 25.2 Å². The summed E-state index contributed by atoms with van der Waals surface area (Å²) < 4.78 is 16.4. The minimum Gasteiger partial charge on any atom is -0.308 e. The minimum absolute atomic E-state index is 0.0833. The molecule has 140 valence electrons. The third-order valence-corrected chi connectivity index (χ3v) is 4.69. The molecule has 3 aromatic rings. The molecule has 0 aliphatic carbocycles. The van der Waals surface area contributed by atoms with Crippen molar-refractivity contribution in [1.29, 1.82) is 0 Å². The number of carbonyl (C=O) groups is 1. The van der Waals surface area contributed by atoms with Gasteiger partial charge in [0.05, 0.1) is 5.39 Å². The fourth-order valence-electron chi connectivity index (χ4n) is 2.56. The zero-order valence-electron chi connectivity index (χ0n) is 14.5. The molecular formula is C17H16BrFN5O2P. The maximum absolute atomic E-state index is 14.7. The van der Waals surface area contributed by atoms with Crippen LogP contribution in [-0.4, -0.2) is 25.7 Å². The highest BCUT2D eigenvalue weighted by molar-refractivity contribution is 9.10. The van der Waals surface area contributed by atoms with Gasteiger partial charge in [0.25, 0.3) is 5.56 Å². The number of nitrogens with one attached hydrogen (secondary N) is 1. The first-order valence-corrected chi connectivity index (χ1v) is 9.29. The molecule has 2 heterocycles. The van der Waals surface area contributed by atoms with Crippen LogP contribution < -0.4 is 16.2 Å². The molecule has 7 nitrogen and oxygen atoms in total. The van der Waals surface area contributed by atoms with Crippen LogP contribution in [-0.2, 0) is 17.0 Å². The summed E-state index contributed by atoms with van der Waals surface area (Å²) in [6.45, 7) is 2.33. The maximum Gasteiger partial charge on any atom is 0.275 e. The second-order valence-electron chi connectivity index (χ2n) is 6.35. The molecule has 1 atom stereocenters. The summed E-state index contributed by atoms with van der Waals surface area (Å²) in [5.41, 5.74) is -2.19. The number of carbonyl (C=O) groups excluding carboxylic acids is 1. The molecule has 0 saturated carbocycles. The molecule has 0 radical (unpaired) electrons. The maximum atomic E-state index is 14.7. The van der Waals surface area contributed by atoms with Crippen LogP contribution in [0, 0.1) is 0 Å². The van der Waals surface area contributed by atoms with E-state index in [2.05, 4.69) is 45.6 Å².